The van der Waals surface area contributed by atoms with Gasteiger partial charge in [-0.2, -0.15) is 0 Å². The molecular formula is C14H22N2O2S. The fourth-order valence-electron chi connectivity index (χ4n) is 2.35. The number of nitrogens with one attached hydrogen (secondary N) is 1. The number of benzene rings is 1. The summed E-state index contributed by atoms with van der Waals surface area (Å²) in [5.74, 6) is 0.726. The van der Waals surface area contributed by atoms with E-state index in [1.807, 2.05) is 31.2 Å². The summed E-state index contributed by atoms with van der Waals surface area (Å²) in [5, 5.41) is 0. The third-order valence-electron chi connectivity index (χ3n) is 3.45. The highest BCUT2D eigenvalue weighted by Gasteiger charge is 2.25. The molecule has 0 bridgehead atoms. The third-order valence-corrected chi connectivity index (χ3v) is 4.90. The van der Waals surface area contributed by atoms with Gasteiger partial charge in [-0.3, -0.25) is 0 Å². The van der Waals surface area contributed by atoms with Gasteiger partial charge in [0.05, 0.1) is 5.75 Å². The molecule has 2 rings (SSSR count). The first kappa shape index (κ1) is 14.5. The SMILES string of the molecule is CC(CC1CC1)NS(=O)(=O)Cc1ccccc1CN. The van der Waals surface area contributed by atoms with Crippen molar-refractivity contribution in [3.8, 4) is 0 Å². The molecule has 0 heterocycles. The van der Waals surface area contributed by atoms with Gasteiger partial charge in [-0.25, -0.2) is 13.1 Å². The van der Waals surface area contributed by atoms with Crippen LogP contribution in [-0.4, -0.2) is 14.5 Å². The van der Waals surface area contributed by atoms with Crippen molar-refractivity contribution in [2.24, 2.45) is 11.7 Å². The van der Waals surface area contributed by atoms with Crippen LogP contribution in [0.3, 0.4) is 0 Å². The Kier molecular flexibility index (Phi) is 4.60. The smallest absolute Gasteiger partial charge is 0.216 e. The van der Waals surface area contributed by atoms with E-state index in [-0.39, 0.29) is 11.8 Å². The average molecular weight is 282 g/mol. The Morgan fingerprint density at radius 1 is 1.32 bits per heavy atom. The minimum Gasteiger partial charge on any atom is -0.326 e. The van der Waals surface area contributed by atoms with Crippen molar-refractivity contribution in [2.75, 3.05) is 0 Å². The Labute approximate surface area is 115 Å². The normalized spacial score (nSPS) is 17.4. The Balaban J connectivity index is 1.99. The van der Waals surface area contributed by atoms with Crippen molar-refractivity contribution >= 4 is 10.0 Å². The van der Waals surface area contributed by atoms with Gasteiger partial charge in [0, 0.05) is 12.6 Å². The predicted octanol–water partition coefficient (Wildman–Crippen LogP) is 1.75. The van der Waals surface area contributed by atoms with Crippen molar-refractivity contribution in [3.63, 3.8) is 0 Å². The van der Waals surface area contributed by atoms with Crippen LogP contribution in [0.2, 0.25) is 0 Å². The maximum atomic E-state index is 12.1. The van der Waals surface area contributed by atoms with E-state index in [1.165, 1.54) is 12.8 Å². The van der Waals surface area contributed by atoms with Gasteiger partial charge < -0.3 is 5.73 Å². The average Bonchev–Trinajstić information content (AvgIpc) is 3.12. The van der Waals surface area contributed by atoms with Crippen molar-refractivity contribution < 1.29 is 8.42 Å². The fourth-order valence-corrected chi connectivity index (χ4v) is 3.84. The summed E-state index contributed by atoms with van der Waals surface area (Å²) in [6, 6.07) is 7.44. The van der Waals surface area contributed by atoms with Gasteiger partial charge in [0.1, 0.15) is 0 Å². The van der Waals surface area contributed by atoms with E-state index in [0.717, 1.165) is 17.5 Å². The summed E-state index contributed by atoms with van der Waals surface area (Å²) in [5.41, 5.74) is 7.31. The molecule has 0 radical (unpaired) electrons. The molecule has 1 saturated carbocycles. The molecule has 0 aliphatic heterocycles. The van der Waals surface area contributed by atoms with Crippen LogP contribution in [0.5, 0.6) is 0 Å². The summed E-state index contributed by atoms with van der Waals surface area (Å²) >= 11 is 0. The largest absolute Gasteiger partial charge is 0.326 e. The summed E-state index contributed by atoms with van der Waals surface area (Å²) in [4.78, 5) is 0. The van der Waals surface area contributed by atoms with Crippen LogP contribution < -0.4 is 10.5 Å². The first-order chi connectivity index (χ1) is 9.00. The second-order valence-corrected chi connectivity index (χ2v) is 7.18. The molecule has 5 heteroatoms. The second kappa shape index (κ2) is 6.03. The maximum Gasteiger partial charge on any atom is 0.216 e. The molecule has 1 aromatic carbocycles. The van der Waals surface area contributed by atoms with Crippen LogP contribution in [0.4, 0.5) is 0 Å². The molecule has 0 saturated heterocycles. The molecule has 1 aliphatic carbocycles. The molecule has 1 aromatic rings. The first-order valence-corrected chi connectivity index (χ1v) is 8.42. The summed E-state index contributed by atoms with van der Waals surface area (Å²) < 4.78 is 27.0. The number of rotatable bonds is 7. The van der Waals surface area contributed by atoms with Gasteiger partial charge in [-0.15, -0.1) is 0 Å². The first-order valence-electron chi connectivity index (χ1n) is 6.77. The van der Waals surface area contributed by atoms with Gasteiger partial charge >= 0.3 is 0 Å². The monoisotopic (exact) mass is 282 g/mol. The molecule has 0 amide bonds. The molecular weight excluding hydrogens is 260 g/mol. The molecule has 1 aliphatic rings. The van der Waals surface area contributed by atoms with Crippen LogP contribution in [0.15, 0.2) is 24.3 Å². The van der Waals surface area contributed by atoms with Gasteiger partial charge in [0.2, 0.25) is 10.0 Å². The van der Waals surface area contributed by atoms with E-state index in [2.05, 4.69) is 4.72 Å². The van der Waals surface area contributed by atoms with E-state index in [1.54, 1.807) is 0 Å². The van der Waals surface area contributed by atoms with Gasteiger partial charge in [-0.05, 0) is 30.4 Å². The lowest BCUT2D eigenvalue weighted by atomic mass is 10.1. The number of hydrogen-bond acceptors (Lipinski definition) is 3. The van der Waals surface area contributed by atoms with E-state index < -0.39 is 10.0 Å². The number of hydrogen-bond donors (Lipinski definition) is 2. The van der Waals surface area contributed by atoms with E-state index in [4.69, 9.17) is 5.73 Å². The lowest BCUT2D eigenvalue weighted by Crippen LogP contribution is -2.34. The molecule has 1 atom stereocenters. The van der Waals surface area contributed by atoms with Gasteiger partial charge in [0.25, 0.3) is 0 Å². The molecule has 0 spiro atoms. The quantitative estimate of drug-likeness (QED) is 0.800. The zero-order valence-electron chi connectivity index (χ0n) is 11.3. The lowest BCUT2D eigenvalue weighted by Gasteiger charge is -2.15. The molecule has 3 N–H and O–H groups in total. The Bertz CT molecular complexity index is 524. The van der Waals surface area contributed by atoms with Crippen molar-refractivity contribution in [2.45, 2.75) is 44.5 Å². The minimum absolute atomic E-state index is 0.00931. The summed E-state index contributed by atoms with van der Waals surface area (Å²) in [6.45, 7) is 2.30. The molecule has 19 heavy (non-hydrogen) atoms. The summed E-state index contributed by atoms with van der Waals surface area (Å²) in [7, 11) is -3.29. The van der Waals surface area contributed by atoms with Crippen molar-refractivity contribution in [1.29, 1.82) is 0 Å². The molecule has 0 aromatic heterocycles. The highest BCUT2D eigenvalue weighted by molar-refractivity contribution is 7.88. The van der Waals surface area contributed by atoms with Gasteiger partial charge in [0.15, 0.2) is 0 Å². The van der Waals surface area contributed by atoms with E-state index >= 15 is 0 Å². The predicted molar refractivity (Wildman–Crippen MR) is 76.9 cm³/mol. The standard InChI is InChI=1S/C14H22N2O2S/c1-11(8-12-6-7-12)16-19(17,18)10-14-5-3-2-4-13(14)9-15/h2-5,11-12,16H,6-10,15H2,1H3. The molecule has 4 nitrogen and oxygen atoms in total. The molecule has 1 unspecified atom stereocenters. The highest BCUT2D eigenvalue weighted by Crippen LogP contribution is 2.33. The zero-order valence-corrected chi connectivity index (χ0v) is 12.1. The van der Waals surface area contributed by atoms with Crippen molar-refractivity contribution in [1.82, 2.24) is 4.72 Å². The van der Waals surface area contributed by atoms with Crippen LogP contribution in [0, 0.1) is 5.92 Å². The summed E-state index contributed by atoms with van der Waals surface area (Å²) in [6.07, 6.45) is 3.42. The Morgan fingerprint density at radius 3 is 2.53 bits per heavy atom. The Morgan fingerprint density at radius 2 is 1.95 bits per heavy atom. The molecule has 106 valence electrons. The highest BCUT2D eigenvalue weighted by atomic mass is 32.2. The van der Waals surface area contributed by atoms with Crippen molar-refractivity contribution in [3.05, 3.63) is 35.4 Å². The van der Waals surface area contributed by atoms with Crippen LogP contribution in [0.25, 0.3) is 0 Å². The number of sulfonamides is 1. The van der Waals surface area contributed by atoms with Crippen LogP contribution in [0.1, 0.15) is 37.3 Å². The number of nitrogens with two attached hydrogens (primary N) is 1. The van der Waals surface area contributed by atoms with Gasteiger partial charge in [-0.1, -0.05) is 37.1 Å². The lowest BCUT2D eigenvalue weighted by molar-refractivity contribution is 0.529. The Hall–Kier alpha value is -0.910. The van der Waals surface area contributed by atoms with Crippen LogP contribution >= 0.6 is 0 Å². The van der Waals surface area contributed by atoms with E-state index in [0.29, 0.717) is 12.5 Å². The topological polar surface area (TPSA) is 72.2 Å². The van der Waals surface area contributed by atoms with Crippen LogP contribution in [-0.2, 0) is 22.3 Å². The fraction of sp³-hybridized carbons (Fsp3) is 0.571. The third kappa shape index (κ3) is 4.60. The molecule has 1 fully saturated rings. The van der Waals surface area contributed by atoms with E-state index in [9.17, 15) is 8.42 Å². The maximum absolute atomic E-state index is 12.1. The second-order valence-electron chi connectivity index (χ2n) is 5.43. The zero-order chi connectivity index (χ0) is 13.9. The minimum atomic E-state index is -3.29.